The number of rotatable bonds is 9. The van der Waals surface area contributed by atoms with E-state index in [1.165, 1.54) is 12.1 Å². The lowest BCUT2D eigenvalue weighted by atomic mass is 10.1. The van der Waals surface area contributed by atoms with Gasteiger partial charge in [0.2, 0.25) is 0 Å². The van der Waals surface area contributed by atoms with Crippen LogP contribution in [0.25, 0.3) is 0 Å². The molecule has 0 atom stereocenters. The third-order valence-corrected chi connectivity index (χ3v) is 4.42. The van der Waals surface area contributed by atoms with Crippen LogP contribution in [0, 0.1) is 24.0 Å². The Labute approximate surface area is 172 Å². The van der Waals surface area contributed by atoms with Crippen LogP contribution < -0.4 is 10.1 Å². The number of anilines is 1. The normalized spacial score (nSPS) is 10.3. The molecule has 29 heavy (non-hydrogen) atoms. The minimum absolute atomic E-state index is 0.0738. The van der Waals surface area contributed by atoms with E-state index in [2.05, 4.69) is 5.32 Å². The number of carbonyl (C=O) groups is 2. The summed E-state index contributed by atoms with van der Waals surface area (Å²) in [4.78, 5) is 34.2. The Kier molecular flexibility index (Phi) is 7.97. The molecule has 1 N–H and O–H groups in total. The average Bonchev–Trinajstić information content (AvgIpc) is 2.67. The van der Waals surface area contributed by atoms with Crippen molar-refractivity contribution in [3.05, 3.63) is 62.7 Å². The largest absolute Gasteiger partial charge is 0.494 e. The molecule has 0 bridgehead atoms. The Morgan fingerprint density at radius 3 is 2.62 bits per heavy atom. The number of carbonyl (C=O) groups excluding carboxylic acids is 2. The van der Waals surface area contributed by atoms with Crippen molar-refractivity contribution in [3.63, 3.8) is 0 Å². The predicted octanol–water partition coefficient (Wildman–Crippen LogP) is 4.21. The number of benzene rings is 2. The molecule has 0 radical (unpaired) electrons. The summed E-state index contributed by atoms with van der Waals surface area (Å²) in [6, 6.07) is 9.72. The van der Waals surface area contributed by atoms with E-state index in [-0.39, 0.29) is 17.8 Å². The lowest BCUT2D eigenvalue weighted by molar-refractivity contribution is -0.384. The Morgan fingerprint density at radius 1 is 1.17 bits per heavy atom. The molecule has 0 aliphatic rings. The molecule has 9 heteroatoms. The van der Waals surface area contributed by atoms with Gasteiger partial charge in [0.05, 0.1) is 11.5 Å². The highest BCUT2D eigenvalue weighted by Crippen LogP contribution is 2.27. The van der Waals surface area contributed by atoms with E-state index in [4.69, 9.17) is 21.1 Å². The molecular weight excluding hydrogens is 400 g/mol. The zero-order chi connectivity index (χ0) is 21.4. The van der Waals surface area contributed by atoms with Crippen LogP contribution in [-0.2, 0) is 14.3 Å². The van der Waals surface area contributed by atoms with E-state index >= 15 is 0 Å². The molecule has 0 unspecified atom stereocenters. The van der Waals surface area contributed by atoms with Gasteiger partial charge in [0.25, 0.3) is 11.6 Å². The molecule has 2 aromatic rings. The number of hydrogen-bond donors (Lipinski definition) is 1. The third kappa shape index (κ3) is 6.76. The number of hydrogen-bond acceptors (Lipinski definition) is 6. The van der Waals surface area contributed by atoms with Gasteiger partial charge in [-0.05, 0) is 49.6 Å². The van der Waals surface area contributed by atoms with Crippen molar-refractivity contribution >= 4 is 34.9 Å². The Morgan fingerprint density at radius 2 is 1.93 bits per heavy atom. The second-order valence-electron chi connectivity index (χ2n) is 6.30. The summed E-state index contributed by atoms with van der Waals surface area (Å²) in [5.41, 5.74) is 1.29. The number of esters is 1. The number of nitrogens with one attached hydrogen (secondary N) is 1. The van der Waals surface area contributed by atoms with Crippen LogP contribution in [0.15, 0.2) is 36.4 Å². The second-order valence-corrected chi connectivity index (χ2v) is 6.71. The molecule has 0 saturated carbocycles. The quantitative estimate of drug-likeness (QED) is 0.282. The minimum Gasteiger partial charge on any atom is -0.494 e. The summed E-state index contributed by atoms with van der Waals surface area (Å²) in [5, 5.41) is 14.1. The molecule has 154 valence electrons. The molecule has 0 heterocycles. The smallest absolute Gasteiger partial charge is 0.306 e. The van der Waals surface area contributed by atoms with Gasteiger partial charge in [-0.2, -0.15) is 0 Å². The van der Waals surface area contributed by atoms with Crippen LogP contribution in [-0.4, -0.2) is 30.0 Å². The zero-order valence-electron chi connectivity index (χ0n) is 16.1. The number of amides is 1. The SMILES string of the molecule is Cc1cc(OCCCC(=O)OCC(=O)Nc2c(C)cccc2[N+](=O)[O-])ccc1Cl. The molecule has 2 aromatic carbocycles. The maximum atomic E-state index is 12.0. The predicted molar refractivity (Wildman–Crippen MR) is 108 cm³/mol. The van der Waals surface area contributed by atoms with Gasteiger partial charge in [-0.3, -0.25) is 19.7 Å². The van der Waals surface area contributed by atoms with E-state index in [9.17, 15) is 19.7 Å². The minimum atomic E-state index is -0.649. The van der Waals surface area contributed by atoms with E-state index in [1.807, 2.05) is 6.92 Å². The topological polar surface area (TPSA) is 108 Å². The van der Waals surface area contributed by atoms with Gasteiger partial charge in [0, 0.05) is 17.5 Å². The standard InChI is InChI=1S/C20H21ClN2O6/c1-13-5-3-6-17(23(26)27)20(13)22-18(24)12-29-19(25)7-4-10-28-15-8-9-16(21)14(2)11-15/h3,5-6,8-9,11H,4,7,10,12H2,1-2H3,(H,22,24). The molecule has 0 aliphatic heterocycles. The summed E-state index contributed by atoms with van der Waals surface area (Å²) in [7, 11) is 0. The maximum absolute atomic E-state index is 12.0. The van der Waals surface area contributed by atoms with Crippen LogP contribution in [0.2, 0.25) is 5.02 Å². The fourth-order valence-electron chi connectivity index (χ4n) is 2.47. The number of nitro groups is 1. The number of halogens is 1. The molecule has 0 aliphatic carbocycles. The van der Waals surface area contributed by atoms with Crippen molar-refractivity contribution in [3.8, 4) is 5.75 Å². The maximum Gasteiger partial charge on any atom is 0.306 e. The molecule has 1 amide bonds. The summed E-state index contributed by atoms with van der Waals surface area (Å²) in [6.45, 7) is 3.28. The van der Waals surface area contributed by atoms with Gasteiger partial charge in [-0.1, -0.05) is 23.7 Å². The molecular formula is C20H21ClN2O6. The fourth-order valence-corrected chi connectivity index (χ4v) is 2.59. The highest BCUT2D eigenvalue weighted by molar-refractivity contribution is 6.31. The van der Waals surface area contributed by atoms with Gasteiger partial charge in [0.1, 0.15) is 11.4 Å². The Balaban J connectivity index is 1.73. The molecule has 0 saturated heterocycles. The molecule has 2 rings (SSSR count). The number of nitrogens with zero attached hydrogens (tertiary/aromatic N) is 1. The summed E-state index contributed by atoms with van der Waals surface area (Å²) < 4.78 is 10.4. The van der Waals surface area contributed by atoms with Gasteiger partial charge < -0.3 is 14.8 Å². The molecule has 0 fully saturated rings. The second kappa shape index (κ2) is 10.4. The van der Waals surface area contributed by atoms with Crippen molar-refractivity contribution < 1.29 is 24.0 Å². The van der Waals surface area contributed by atoms with Crippen molar-refractivity contribution in [1.82, 2.24) is 0 Å². The van der Waals surface area contributed by atoms with Crippen LogP contribution in [0.1, 0.15) is 24.0 Å². The number of ether oxygens (including phenoxy) is 2. The molecule has 8 nitrogen and oxygen atoms in total. The van der Waals surface area contributed by atoms with E-state index in [1.54, 1.807) is 31.2 Å². The first-order valence-corrected chi connectivity index (χ1v) is 9.24. The summed E-state index contributed by atoms with van der Waals surface area (Å²) in [5.74, 6) is -0.557. The first-order valence-electron chi connectivity index (χ1n) is 8.86. The highest BCUT2D eigenvalue weighted by Gasteiger charge is 2.18. The van der Waals surface area contributed by atoms with Gasteiger partial charge >= 0.3 is 5.97 Å². The van der Waals surface area contributed by atoms with Crippen molar-refractivity contribution in [2.45, 2.75) is 26.7 Å². The van der Waals surface area contributed by atoms with E-state index in [0.29, 0.717) is 29.4 Å². The number of nitro benzene ring substituents is 1. The first-order chi connectivity index (χ1) is 13.8. The lowest BCUT2D eigenvalue weighted by Gasteiger charge is -2.10. The van der Waals surface area contributed by atoms with Crippen molar-refractivity contribution in [2.75, 3.05) is 18.5 Å². The first kappa shape index (κ1) is 22.2. The number of aryl methyl sites for hydroxylation is 2. The van der Waals surface area contributed by atoms with Gasteiger partial charge in [-0.15, -0.1) is 0 Å². The summed E-state index contributed by atoms with van der Waals surface area (Å²) >= 11 is 5.94. The highest BCUT2D eigenvalue weighted by atomic mass is 35.5. The monoisotopic (exact) mass is 420 g/mol. The van der Waals surface area contributed by atoms with Crippen LogP contribution in [0.4, 0.5) is 11.4 Å². The van der Waals surface area contributed by atoms with Crippen LogP contribution >= 0.6 is 11.6 Å². The van der Waals surface area contributed by atoms with Crippen LogP contribution in [0.5, 0.6) is 5.75 Å². The van der Waals surface area contributed by atoms with E-state index < -0.39 is 23.4 Å². The molecule has 0 aromatic heterocycles. The fraction of sp³-hybridized carbons (Fsp3) is 0.300. The Bertz CT molecular complexity index is 916. The zero-order valence-corrected chi connectivity index (χ0v) is 16.8. The van der Waals surface area contributed by atoms with Crippen molar-refractivity contribution in [1.29, 1.82) is 0 Å². The van der Waals surface area contributed by atoms with Gasteiger partial charge in [0.15, 0.2) is 6.61 Å². The van der Waals surface area contributed by atoms with Gasteiger partial charge in [-0.25, -0.2) is 0 Å². The number of para-hydroxylation sites is 1. The lowest BCUT2D eigenvalue weighted by Crippen LogP contribution is -2.22. The summed E-state index contributed by atoms with van der Waals surface area (Å²) in [6.07, 6.45) is 0.482. The average molecular weight is 421 g/mol. The van der Waals surface area contributed by atoms with E-state index in [0.717, 1.165) is 5.56 Å². The molecule has 0 spiro atoms. The Hall–Kier alpha value is -3.13. The third-order valence-electron chi connectivity index (χ3n) is 4.00. The van der Waals surface area contributed by atoms with Crippen LogP contribution in [0.3, 0.4) is 0 Å². The van der Waals surface area contributed by atoms with Crippen molar-refractivity contribution in [2.24, 2.45) is 0 Å².